The van der Waals surface area contributed by atoms with Crippen molar-refractivity contribution in [2.45, 2.75) is 17.4 Å². The molecular formula is C9H15NOS2. The molecule has 0 bridgehead atoms. The molecule has 0 aromatic rings. The Labute approximate surface area is 87.9 Å². The average molecular weight is 217 g/mol. The molecule has 13 heavy (non-hydrogen) atoms. The van der Waals surface area contributed by atoms with Crippen LogP contribution >= 0.6 is 23.5 Å². The number of amides is 1. The first-order valence-corrected chi connectivity index (χ1v) is 6.48. The Hall–Kier alpha value is -0.0900. The summed E-state index contributed by atoms with van der Waals surface area (Å²) in [6, 6.07) is 0. The molecule has 0 fully saturated rings. The zero-order chi connectivity index (χ0) is 9.73. The number of rotatable bonds is 3. The first-order valence-electron chi connectivity index (χ1n) is 4.27. The number of hydrogen-bond donors (Lipinski definition) is 1. The number of thioether (sulfide) groups is 2. The maximum atomic E-state index is 10.8. The van der Waals surface area contributed by atoms with Crippen molar-refractivity contribution in [3.8, 4) is 0 Å². The standard InChI is InChI=1S/C9H15NOS2/c1-8(11)10-7-9(12-2)5-3-4-6-13-9/h3-4H,5-7H2,1-2H3,(H,10,11)/t9-/m1/s1. The SMILES string of the molecule is CS[C@]1(CNC(C)=O)CC=CCS1. The van der Waals surface area contributed by atoms with Crippen molar-refractivity contribution in [1.82, 2.24) is 5.32 Å². The van der Waals surface area contributed by atoms with Crippen molar-refractivity contribution in [1.29, 1.82) is 0 Å². The van der Waals surface area contributed by atoms with E-state index >= 15 is 0 Å². The number of hydrogen-bond acceptors (Lipinski definition) is 3. The summed E-state index contributed by atoms with van der Waals surface area (Å²) >= 11 is 3.75. The second-order valence-corrected chi connectivity index (χ2v) is 5.86. The number of carbonyl (C=O) groups is 1. The molecule has 2 nitrogen and oxygen atoms in total. The van der Waals surface area contributed by atoms with Gasteiger partial charge in [-0.3, -0.25) is 4.79 Å². The molecule has 1 rings (SSSR count). The molecule has 1 amide bonds. The quantitative estimate of drug-likeness (QED) is 0.732. The highest BCUT2D eigenvalue weighted by Gasteiger charge is 2.29. The zero-order valence-electron chi connectivity index (χ0n) is 8.00. The van der Waals surface area contributed by atoms with Crippen LogP contribution in [-0.2, 0) is 4.79 Å². The molecule has 1 N–H and O–H groups in total. The molecule has 1 heterocycles. The van der Waals surface area contributed by atoms with E-state index in [1.54, 1.807) is 6.92 Å². The molecule has 0 aliphatic carbocycles. The van der Waals surface area contributed by atoms with Crippen LogP contribution in [0.5, 0.6) is 0 Å². The van der Waals surface area contributed by atoms with E-state index in [2.05, 4.69) is 23.7 Å². The van der Waals surface area contributed by atoms with Gasteiger partial charge >= 0.3 is 0 Å². The van der Waals surface area contributed by atoms with E-state index in [9.17, 15) is 4.79 Å². The maximum Gasteiger partial charge on any atom is 0.216 e. The molecule has 4 heteroatoms. The smallest absolute Gasteiger partial charge is 0.216 e. The normalized spacial score (nSPS) is 27.2. The molecule has 0 saturated carbocycles. The lowest BCUT2D eigenvalue weighted by molar-refractivity contribution is -0.118. The molecule has 0 unspecified atom stereocenters. The molecule has 0 spiro atoms. The van der Waals surface area contributed by atoms with Gasteiger partial charge in [-0.25, -0.2) is 0 Å². The van der Waals surface area contributed by atoms with Gasteiger partial charge in [0.25, 0.3) is 0 Å². The van der Waals surface area contributed by atoms with Crippen LogP contribution in [0.2, 0.25) is 0 Å². The Morgan fingerprint density at radius 1 is 1.69 bits per heavy atom. The Morgan fingerprint density at radius 3 is 2.92 bits per heavy atom. The van der Waals surface area contributed by atoms with E-state index in [1.807, 2.05) is 23.5 Å². The van der Waals surface area contributed by atoms with E-state index in [0.717, 1.165) is 18.7 Å². The molecule has 0 aromatic heterocycles. The van der Waals surface area contributed by atoms with Crippen LogP contribution in [0.4, 0.5) is 0 Å². The van der Waals surface area contributed by atoms with Crippen molar-refractivity contribution >= 4 is 29.4 Å². The summed E-state index contributed by atoms with van der Waals surface area (Å²) < 4.78 is 0.167. The molecular weight excluding hydrogens is 202 g/mol. The third-order valence-electron chi connectivity index (χ3n) is 2.02. The fraction of sp³-hybridized carbons (Fsp3) is 0.667. The van der Waals surface area contributed by atoms with Crippen molar-refractivity contribution in [3.05, 3.63) is 12.2 Å². The minimum atomic E-state index is 0.0589. The van der Waals surface area contributed by atoms with Gasteiger partial charge in [0, 0.05) is 19.2 Å². The van der Waals surface area contributed by atoms with E-state index in [1.165, 1.54) is 0 Å². The lowest BCUT2D eigenvalue weighted by Gasteiger charge is -2.32. The molecule has 74 valence electrons. The molecule has 1 aliphatic heterocycles. The molecule has 1 atom stereocenters. The van der Waals surface area contributed by atoms with Crippen LogP contribution in [0, 0.1) is 0 Å². The number of nitrogens with one attached hydrogen (secondary N) is 1. The largest absolute Gasteiger partial charge is 0.354 e. The van der Waals surface area contributed by atoms with E-state index in [-0.39, 0.29) is 9.99 Å². The Balaban J connectivity index is 2.48. The summed E-state index contributed by atoms with van der Waals surface area (Å²) in [7, 11) is 0. The summed E-state index contributed by atoms with van der Waals surface area (Å²) in [6.45, 7) is 2.33. The van der Waals surface area contributed by atoms with Gasteiger partial charge in [-0.05, 0) is 12.7 Å². The summed E-state index contributed by atoms with van der Waals surface area (Å²) in [6.07, 6.45) is 7.54. The third kappa shape index (κ3) is 3.27. The van der Waals surface area contributed by atoms with Crippen molar-refractivity contribution in [3.63, 3.8) is 0 Å². The summed E-state index contributed by atoms with van der Waals surface area (Å²) in [5.74, 6) is 1.11. The monoisotopic (exact) mass is 217 g/mol. The summed E-state index contributed by atoms with van der Waals surface area (Å²) in [4.78, 5) is 10.8. The minimum Gasteiger partial charge on any atom is -0.354 e. The van der Waals surface area contributed by atoms with Crippen molar-refractivity contribution < 1.29 is 4.79 Å². The molecule has 0 saturated heterocycles. The van der Waals surface area contributed by atoms with Crippen LogP contribution in [0.15, 0.2) is 12.2 Å². The fourth-order valence-electron chi connectivity index (χ4n) is 1.19. The highest BCUT2D eigenvalue weighted by molar-refractivity contribution is 8.18. The first kappa shape index (κ1) is 11.0. The van der Waals surface area contributed by atoms with E-state index < -0.39 is 0 Å². The van der Waals surface area contributed by atoms with Crippen molar-refractivity contribution in [2.24, 2.45) is 0 Å². The summed E-state index contributed by atoms with van der Waals surface area (Å²) in [5.41, 5.74) is 0. The van der Waals surface area contributed by atoms with Gasteiger partial charge in [0.2, 0.25) is 5.91 Å². The zero-order valence-corrected chi connectivity index (χ0v) is 9.63. The number of allylic oxidation sites excluding steroid dienone is 1. The van der Waals surface area contributed by atoms with Crippen LogP contribution in [0.25, 0.3) is 0 Å². The van der Waals surface area contributed by atoms with Crippen LogP contribution in [0.1, 0.15) is 13.3 Å². The predicted molar refractivity (Wildman–Crippen MR) is 61.1 cm³/mol. The fourth-order valence-corrected chi connectivity index (χ4v) is 3.27. The van der Waals surface area contributed by atoms with Crippen LogP contribution in [0.3, 0.4) is 0 Å². The first-order chi connectivity index (χ1) is 6.18. The second-order valence-electron chi connectivity index (χ2n) is 3.01. The second kappa shape index (κ2) is 4.96. The Morgan fingerprint density at radius 2 is 2.46 bits per heavy atom. The van der Waals surface area contributed by atoms with Gasteiger partial charge in [-0.15, -0.1) is 23.5 Å². The lowest BCUT2D eigenvalue weighted by Crippen LogP contribution is -2.37. The Bertz CT molecular complexity index is 218. The van der Waals surface area contributed by atoms with E-state index in [4.69, 9.17) is 0 Å². The molecule has 0 radical (unpaired) electrons. The lowest BCUT2D eigenvalue weighted by atomic mass is 10.2. The van der Waals surface area contributed by atoms with Gasteiger partial charge < -0.3 is 5.32 Å². The topological polar surface area (TPSA) is 29.1 Å². The highest BCUT2D eigenvalue weighted by atomic mass is 32.2. The Kier molecular flexibility index (Phi) is 4.19. The maximum absolute atomic E-state index is 10.8. The van der Waals surface area contributed by atoms with Gasteiger partial charge in [-0.1, -0.05) is 12.2 Å². The highest BCUT2D eigenvalue weighted by Crippen LogP contribution is 2.41. The van der Waals surface area contributed by atoms with Crippen LogP contribution < -0.4 is 5.32 Å². The average Bonchev–Trinajstić information content (AvgIpc) is 2.16. The van der Waals surface area contributed by atoms with Crippen molar-refractivity contribution in [2.75, 3.05) is 18.6 Å². The van der Waals surface area contributed by atoms with Gasteiger partial charge in [0.05, 0.1) is 4.08 Å². The van der Waals surface area contributed by atoms with E-state index in [0.29, 0.717) is 0 Å². The number of carbonyl (C=O) groups excluding carboxylic acids is 1. The third-order valence-corrected chi connectivity index (χ3v) is 5.12. The van der Waals surface area contributed by atoms with Gasteiger partial charge in [0.1, 0.15) is 0 Å². The summed E-state index contributed by atoms with van der Waals surface area (Å²) in [5, 5.41) is 2.89. The van der Waals surface area contributed by atoms with Gasteiger partial charge in [0.15, 0.2) is 0 Å². The van der Waals surface area contributed by atoms with Crippen LogP contribution in [-0.4, -0.2) is 28.5 Å². The predicted octanol–water partition coefficient (Wildman–Crippen LogP) is 1.87. The minimum absolute atomic E-state index is 0.0589. The van der Waals surface area contributed by atoms with Gasteiger partial charge in [-0.2, -0.15) is 0 Å². The molecule has 0 aromatic carbocycles. The molecule has 1 aliphatic rings.